The van der Waals surface area contributed by atoms with E-state index in [0.717, 1.165) is 30.5 Å². The van der Waals surface area contributed by atoms with Gasteiger partial charge in [-0.15, -0.1) is 0 Å². The van der Waals surface area contributed by atoms with Crippen LogP contribution in [0.25, 0.3) is 5.52 Å². The highest BCUT2D eigenvalue weighted by atomic mass is 35.5. The molecule has 1 saturated heterocycles. The number of nitrogens with two attached hydrogens (primary N) is 1. The standard InChI is InChI=1S/C35H54ClN4O6P/c1-2-3-4-5-6-7-8-9-10-11-12-13-14-17-24-42-25-26-43-47(41,46-33-19-16-15-18-30(33)36)44-27-29-20-23-34(45-29)31-21-22-32-35(37)38-28-39-40(31)32/h15-16,18-19,21-22,28-29,34H,2-14,17,20,23-27H2,1H3,(H2,37,38,39). The molecule has 3 atom stereocenters. The van der Waals surface area contributed by atoms with Gasteiger partial charge in [0.2, 0.25) is 0 Å². The zero-order valence-corrected chi connectivity index (χ0v) is 29.7. The SMILES string of the molecule is CCCCCCCCCCCCCCCCOCCOP(=O)(OCC1CCC(c2ccc3c(N)ncnn23)O1)Oc1ccccc1Cl. The lowest BCUT2D eigenvalue weighted by molar-refractivity contribution is 0.00348. The second kappa shape index (κ2) is 21.0. The van der Waals surface area contributed by atoms with Crippen LogP contribution in [-0.4, -0.2) is 47.1 Å². The fourth-order valence-electron chi connectivity index (χ4n) is 5.88. The number of halogens is 1. The predicted molar refractivity (Wildman–Crippen MR) is 187 cm³/mol. The van der Waals surface area contributed by atoms with E-state index in [9.17, 15) is 4.57 Å². The quantitative estimate of drug-likeness (QED) is 0.0683. The molecule has 3 unspecified atom stereocenters. The van der Waals surface area contributed by atoms with Crippen LogP contribution < -0.4 is 10.3 Å². The lowest BCUT2D eigenvalue weighted by Gasteiger charge is -2.21. The van der Waals surface area contributed by atoms with Gasteiger partial charge < -0.3 is 19.7 Å². The molecule has 1 aliphatic rings. The maximum absolute atomic E-state index is 13.7. The van der Waals surface area contributed by atoms with E-state index in [1.165, 1.54) is 83.4 Å². The molecule has 0 radical (unpaired) electrons. The van der Waals surface area contributed by atoms with Crippen molar-refractivity contribution in [1.29, 1.82) is 0 Å². The number of nitrogen functional groups attached to an aromatic ring is 1. The van der Waals surface area contributed by atoms with Crippen LogP contribution in [-0.2, 0) is 23.1 Å². The molecule has 0 saturated carbocycles. The molecule has 12 heteroatoms. The third-order valence-corrected chi connectivity index (χ3v) is 10.2. The summed E-state index contributed by atoms with van der Waals surface area (Å²) < 4.78 is 44.7. The van der Waals surface area contributed by atoms with E-state index in [-0.39, 0.29) is 37.8 Å². The molecule has 0 amide bonds. The molecule has 1 aliphatic heterocycles. The number of rotatable bonds is 25. The highest BCUT2D eigenvalue weighted by molar-refractivity contribution is 7.48. The first-order valence-corrected chi connectivity index (χ1v) is 19.5. The molecule has 262 valence electrons. The molecule has 1 aromatic carbocycles. The van der Waals surface area contributed by atoms with Crippen molar-refractivity contribution in [3.8, 4) is 5.75 Å². The highest BCUT2D eigenvalue weighted by Crippen LogP contribution is 2.51. The van der Waals surface area contributed by atoms with Crippen molar-refractivity contribution >= 4 is 30.8 Å². The van der Waals surface area contributed by atoms with E-state index in [1.54, 1.807) is 28.8 Å². The minimum atomic E-state index is -4.02. The Kier molecular flexibility index (Phi) is 16.8. The Balaban J connectivity index is 1.11. The summed E-state index contributed by atoms with van der Waals surface area (Å²) in [7, 11) is -4.02. The minimum absolute atomic E-state index is 0.0264. The summed E-state index contributed by atoms with van der Waals surface area (Å²) in [5.41, 5.74) is 7.58. The Bertz CT molecular complexity index is 1360. The van der Waals surface area contributed by atoms with Gasteiger partial charge in [0.15, 0.2) is 5.82 Å². The number of hydrogen-bond donors (Lipinski definition) is 1. The maximum atomic E-state index is 13.7. The van der Waals surface area contributed by atoms with Crippen molar-refractivity contribution in [2.75, 3.05) is 32.2 Å². The van der Waals surface area contributed by atoms with Gasteiger partial charge in [-0.3, -0.25) is 9.05 Å². The summed E-state index contributed by atoms with van der Waals surface area (Å²) in [6.07, 6.45) is 20.8. The lowest BCUT2D eigenvalue weighted by atomic mass is 10.0. The van der Waals surface area contributed by atoms with Gasteiger partial charge in [0.1, 0.15) is 23.7 Å². The summed E-state index contributed by atoms with van der Waals surface area (Å²) >= 11 is 6.28. The molecular weight excluding hydrogens is 639 g/mol. The van der Waals surface area contributed by atoms with Gasteiger partial charge in [0.25, 0.3) is 0 Å². The second-order valence-electron chi connectivity index (χ2n) is 12.3. The van der Waals surface area contributed by atoms with Gasteiger partial charge >= 0.3 is 7.82 Å². The number of benzene rings is 1. The lowest BCUT2D eigenvalue weighted by Crippen LogP contribution is -2.17. The number of nitrogens with zero attached hydrogens (tertiary/aromatic N) is 3. The van der Waals surface area contributed by atoms with E-state index in [4.69, 9.17) is 40.4 Å². The summed E-state index contributed by atoms with van der Waals surface area (Å²) in [4.78, 5) is 4.04. The molecular formula is C35H54ClN4O6P. The number of phosphoric ester groups is 1. The number of ether oxygens (including phenoxy) is 2. The van der Waals surface area contributed by atoms with E-state index < -0.39 is 7.82 Å². The maximum Gasteiger partial charge on any atom is 0.530 e. The number of aromatic nitrogens is 3. The number of unbranched alkanes of at least 4 members (excludes halogenated alkanes) is 13. The van der Waals surface area contributed by atoms with Crippen LogP contribution in [0, 0.1) is 0 Å². The van der Waals surface area contributed by atoms with Crippen molar-refractivity contribution < 1.29 is 27.6 Å². The Morgan fingerprint density at radius 3 is 2.26 bits per heavy atom. The Hall–Kier alpha value is -2.20. The molecule has 2 aromatic heterocycles. The van der Waals surface area contributed by atoms with Crippen molar-refractivity contribution in [2.24, 2.45) is 0 Å². The van der Waals surface area contributed by atoms with Gasteiger partial charge in [0, 0.05) is 6.61 Å². The number of phosphoric acid groups is 1. The van der Waals surface area contributed by atoms with Gasteiger partial charge in [-0.1, -0.05) is 114 Å². The zero-order chi connectivity index (χ0) is 33.2. The van der Waals surface area contributed by atoms with Gasteiger partial charge in [0.05, 0.1) is 36.6 Å². The molecule has 0 spiro atoms. The minimum Gasteiger partial charge on any atom is -0.402 e. The van der Waals surface area contributed by atoms with Crippen molar-refractivity contribution in [3.63, 3.8) is 0 Å². The fraction of sp³-hybridized carbons (Fsp3) is 0.657. The molecule has 4 rings (SSSR count). The molecule has 47 heavy (non-hydrogen) atoms. The average molecular weight is 693 g/mol. The third kappa shape index (κ3) is 13.0. The van der Waals surface area contributed by atoms with Crippen molar-refractivity contribution in [2.45, 2.75) is 122 Å². The first-order valence-electron chi connectivity index (χ1n) is 17.6. The van der Waals surface area contributed by atoms with Crippen molar-refractivity contribution in [3.05, 3.63) is 53.4 Å². The number of fused-ring (bicyclic) bond motifs is 1. The molecule has 10 nitrogen and oxygen atoms in total. The van der Waals surface area contributed by atoms with Crippen LogP contribution in [0.3, 0.4) is 0 Å². The number of anilines is 1. The first kappa shape index (κ1) is 37.6. The van der Waals surface area contributed by atoms with E-state index in [1.807, 2.05) is 12.1 Å². The zero-order valence-electron chi connectivity index (χ0n) is 28.0. The van der Waals surface area contributed by atoms with Crippen LogP contribution in [0.15, 0.2) is 42.7 Å². The predicted octanol–water partition coefficient (Wildman–Crippen LogP) is 9.90. The van der Waals surface area contributed by atoms with Crippen LogP contribution in [0.5, 0.6) is 5.75 Å². The smallest absolute Gasteiger partial charge is 0.402 e. The van der Waals surface area contributed by atoms with E-state index in [0.29, 0.717) is 23.9 Å². The van der Waals surface area contributed by atoms with Crippen LogP contribution in [0.2, 0.25) is 5.02 Å². The molecule has 0 aliphatic carbocycles. The van der Waals surface area contributed by atoms with Gasteiger partial charge in [-0.05, 0) is 43.5 Å². The topological polar surface area (TPSA) is 119 Å². The summed E-state index contributed by atoms with van der Waals surface area (Å²) in [5, 5.41) is 4.63. The van der Waals surface area contributed by atoms with Crippen molar-refractivity contribution in [1.82, 2.24) is 14.6 Å². The van der Waals surface area contributed by atoms with E-state index in [2.05, 4.69) is 17.0 Å². The Labute approximate surface area is 285 Å². The second-order valence-corrected chi connectivity index (χ2v) is 14.3. The van der Waals surface area contributed by atoms with Gasteiger partial charge in [-0.2, -0.15) is 5.10 Å². The largest absolute Gasteiger partial charge is 0.530 e. The van der Waals surface area contributed by atoms with E-state index >= 15 is 0 Å². The summed E-state index contributed by atoms with van der Waals surface area (Å²) in [5.74, 6) is 0.630. The third-order valence-electron chi connectivity index (χ3n) is 8.53. The molecule has 1 fully saturated rings. The van der Waals surface area contributed by atoms with Crippen LogP contribution in [0.4, 0.5) is 5.82 Å². The number of hydrogen-bond acceptors (Lipinski definition) is 9. The number of para-hydroxylation sites is 1. The molecule has 3 aromatic rings. The monoisotopic (exact) mass is 692 g/mol. The summed E-state index contributed by atoms with van der Waals surface area (Å²) in [6.45, 7) is 3.28. The highest BCUT2D eigenvalue weighted by Gasteiger charge is 2.35. The molecule has 2 N–H and O–H groups in total. The van der Waals surface area contributed by atoms with Crippen LogP contribution in [0.1, 0.15) is 121 Å². The normalized spacial score (nSPS) is 17.7. The molecule has 0 bridgehead atoms. The molecule has 3 heterocycles. The van der Waals surface area contributed by atoms with Gasteiger partial charge in [-0.25, -0.2) is 14.1 Å². The Morgan fingerprint density at radius 1 is 0.872 bits per heavy atom. The average Bonchev–Trinajstić information content (AvgIpc) is 3.72. The first-order chi connectivity index (χ1) is 23.0. The summed E-state index contributed by atoms with van der Waals surface area (Å²) in [6, 6.07) is 10.6. The van der Waals surface area contributed by atoms with Crippen LogP contribution >= 0.6 is 19.4 Å². The Morgan fingerprint density at radius 2 is 1.55 bits per heavy atom. The fourth-order valence-corrected chi connectivity index (χ4v) is 7.33.